The summed E-state index contributed by atoms with van der Waals surface area (Å²) in [4.78, 5) is 47.7. The molecule has 2 aliphatic carbocycles. The van der Waals surface area contributed by atoms with Gasteiger partial charge in [0.25, 0.3) is 11.6 Å². The molecule has 2 amide bonds. The Morgan fingerprint density at radius 2 is 1.69 bits per heavy atom. The van der Waals surface area contributed by atoms with Gasteiger partial charge in [-0.1, -0.05) is 30.1 Å². The van der Waals surface area contributed by atoms with Gasteiger partial charge in [-0.3, -0.25) is 20.2 Å². The van der Waals surface area contributed by atoms with Gasteiger partial charge in [0.05, 0.1) is 74.5 Å². The lowest BCUT2D eigenvalue weighted by Crippen LogP contribution is -2.70. The minimum atomic E-state index is -1.68. The third-order valence-electron chi connectivity index (χ3n) is 13.7. The lowest BCUT2D eigenvalue weighted by molar-refractivity contribution is -0.384. The Labute approximate surface area is 429 Å². The summed E-state index contributed by atoms with van der Waals surface area (Å²) >= 11 is 0. The van der Waals surface area contributed by atoms with E-state index in [-0.39, 0.29) is 88.0 Å². The number of methoxy groups -OCH3 is 2. The van der Waals surface area contributed by atoms with Gasteiger partial charge in [0.15, 0.2) is 0 Å². The first-order valence-electron chi connectivity index (χ1n) is 24.7. The fourth-order valence-electron chi connectivity index (χ4n) is 10.3. The molecule has 4 aromatic rings. The molecule has 392 valence electrons. The molecule has 0 bridgehead atoms. The van der Waals surface area contributed by atoms with E-state index in [2.05, 4.69) is 24.0 Å². The van der Waals surface area contributed by atoms with E-state index in [1.54, 1.807) is 83.8 Å². The van der Waals surface area contributed by atoms with E-state index < -0.39 is 40.6 Å². The maximum Gasteiger partial charge on any atom is 0.417 e. The fraction of sp³-hybridized carbons (Fsp3) is 0.418. The highest BCUT2D eigenvalue weighted by Crippen LogP contribution is 2.62. The van der Waals surface area contributed by atoms with Crippen LogP contribution in [0.4, 0.5) is 16.2 Å². The van der Waals surface area contributed by atoms with Gasteiger partial charge < -0.3 is 53.5 Å². The number of aliphatic hydroxyl groups excluding tert-OH is 3. The van der Waals surface area contributed by atoms with E-state index in [0.29, 0.717) is 83.9 Å². The molecule has 19 nitrogen and oxygen atoms in total. The van der Waals surface area contributed by atoms with Crippen molar-refractivity contribution in [1.82, 2.24) is 4.90 Å². The number of carbonyl (C=O) groups is 2. The van der Waals surface area contributed by atoms with Gasteiger partial charge >= 0.3 is 6.09 Å². The molecule has 6 atom stereocenters. The summed E-state index contributed by atoms with van der Waals surface area (Å²) in [6.07, 6.45) is 6.73. The summed E-state index contributed by atoms with van der Waals surface area (Å²) in [7, 11) is 2.99. The first kappa shape index (κ1) is 54.4. The summed E-state index contributed by atoms with van der Waals surface area (Å²) < 4.78 is 37.1. The fourth-order valence-corrected chi connectivity index (χ4v) is 10.3. The zero-order valence-corrected chi connectivity index (χ0v) is 41.6. The van der Waals surface area contributed by atoms with Gasteiger partial charge in [-0.25, -0.2) is 4.79 Å². The second-order valence-corrected chi connectivity index (χ2v) is 18.1. The van der Waals surface area contributed by atoms with Crippen molar-refractivity contribution in [2.75, 3.05) is 65.7 Å². The number of unbranched alkanes of at least 4 members (excludes halogenated alkanes) is 2. The Bertz CT molecular complexity index is 2690. The van der Waals surface area contributed by atoms with Crippen LogP contribution in [0.15, 0.2) is 114 Å². The minimum Gasteiger partial charge on any atom is -0.497 e. The molecular formula is C55H63N5O14. The van der Waals surface area contributed by atoms with Crippen molar-refractivity contribution in [1.29, 1.82) is 5.26 Å². The molecule has 1 aliphatic heterocycles. The van der Waals surface area contributed by atoms with Crippen LogP contribution in [0.3, 0.4) is 0 Å². The zero-order chi connectivity index (χ0) is 52.6. The number of rotatable bonds is 26. The van der Waals surface area contributed by atoms with Gasteiger partial charge in [0.2, 0.25) is 5.79 Å². The predicted octanol–water partition coefficient (Wildman–Crippen LogP) is 8.08. The number of ether oxygens (including phenoxy) is 6. The number of nitrogens with one attached hydrogen (secondary N) is 1. The summed E-state index contributed by atoms with van der Waals surface area (Å²) in [5, 5.41) is 58.5. The minimum absolute atomic E-state index is 0.000851. The zero-order valence-electron chi connectivity index (χ0n) is 41.6. The van der Waals surface area contributed by atoms with Crippen LogP contribution in [0, 0.1) is 39.2 Å². The summed E-state index contributed by atoms with van der Waals surface area (Å²) in [5.41, 5.74) is 3.41. The van der Waals surface area contributed by atoms with Crippen LogP contribution in [0.1, 0.15) is 77.9 Å². The molecule has 1 heterocycles. The van der Waals surface area contributed by atoms with Crippen molar-refractivity contribution >= 4 is 29.1 Å². The van der Waals surface area contributed by atoms with Crippen molar-refractivity contribution in [3.8, 4) is 29.1 Å². The topological polar surface area (TPSA) is 254 Å². The standard InChI is InChI=1S/C55H63N5O14/c1-4-27-71-55-50(59(23-28-70-29-26-63)53(64)38-15-11-36(34-56)12-16-38)33-47(58-72-35-37-13-17-40(18-14-37)60(66)67)44-30-39(9-5-7-24-61)43(10-6-8-25-62)51(52(44)55)45-31-42(20-22-48(45)74-55)73-54(65)57-46-21-19-41(68-2)32-49(46)69-3/h4,11-22,30-32,39,43,50-52,61-63H,1,5-10,23-29,33,35H2,2-3H3,(H,57,65)/t39-,43+,50-,51+,52+,55+/m0/s1. The number of nitro benzene ring substituents is 1. The number of non-ortho nitro benzene ring substituents is 1. The van der Waals surface area contributed by atoms with Crippen molar-refractivity contribution in [2.24, 2.45) is 22.9 Å². The number of fused-ring (bicyclic) bond motifs is 2. The maximum absolute atomic E-state index is 15.2. The molecular weight excluding hydrogens is 955 g/mol. The molecule has 19 heteroatoms. The average Bonchev–Trinajstić information content (AvgIpc) is 3.42. The number of hydrogen-bond acceptors (Lipinski definition) is 16. The van der Waals surface area contributed by atoms with Crippen LogP contribution in [0.25, 0.3) is 0 Å². The number of carbonyl (C=O) groups excluding carboxylic acids is 2. The second-order valence-electron chi connectivity index (χ2n) is 18.1. The summed E-state index contributed by atoms with van der Waals surface area (Å²) in [6, 6.07) is 23.4. The quantitative estimate of drug-likeness (QED) is 0.0201. The first-order valence-corrected chi connectivity index (χ1v) is 24.7. The van der Waals surface area contributed by atoms with Crippen LogP contribution in [-0.4, -0.2) is 115 Å². The van der Waals surface area contributed by atoms with E-state index in [0.717, 1.165) is 5.57 Å². The molecule has 4 N–H and O–H groups in total. The highest BCUT2D eigenvalue weighted by atomic mass is 16.7. The monoisotopic (exact) mass is 1020 g/mol. The Hall–Kier alpha value is -7.34. The van der Waals surface area contributed by atoms with Gasteiger partial charge in [-0.05, 0) is 115 Å². The molecule has 0 radical (unpaired) electrons. The summed E-state index contributed by atoms with van der Waals surface area (Å²) in [6.45, 7) is 3.68. The predicted molar refractivity (Wildman–Crippen MR) is 272 cm³/mol. The number of aliphatic hydroxyl groups is 3. The molecule has 0 unspecified atom stereocenters. The van der Waals surface area contributed by atoms with Crippen LogP contribution in [0.5, 0.6) is 23.0 Å². The Morgan fingerprint density at radius 3 is 2.36 bits per heavy atom. The molecule has 0 aromatic heterocycles. The lowest BCUT2D eigenvalue weighted by atomic mass is 9.55. The van der Waals surface area contributed by atoms with Crippen LogP contribution in [0.2, 0.25) is 0 Å². The second kappa shape index (κ2) is 26.0. The number of allylic oxidation sites excluding steroid dienone is 1. The highest BCUT2D eigenvalue weighted by Gasteiger charge is 2.65. The van der Waals surface area contributed by atoms with Crippen LogP contribution >= 0.6 is 0 Å². The number of nitrogens with zero attached hydrogens (tertiary/aromatic N) is 4. The third-order valence-corrected chi connectivity index (χ3v) is 13.7. The van der Waals surface area contributed by atoms with Gasteiger partial charge in [0.1, 0.15) is 35.6 Å². The number of hydrogen-bond donors (Lipinski definition) is 4. The maximum atomic E-state index is 15.2. The van der Waals surface area contributed by atoms with Crippen molar-refractivity contribution < 1.29 is 63.1 Å². The van der Waals surface area contributed by atoms with Crippen molar-refractivity contribution in [2.45, 2.75) is 69.3 Å². The van der Waals surface area contributed by atoms with Crippen molar-refractivity contribution in [3.63, 3.8) is 0 Å². The molecule has 7 rings (SSSR count). The largest absolute Gasteiger partial charge is 0.497 e. The molecule has 0 spiro atoms. The normalized spacial score (nSPS) is 20.9. The third kappa shape index (κ3) is 12.5. The van der Waals surface area contributed by atoms with Gasteiger partial charge in [-0.2, -0.15) is 5.26 Å². The van der Waals surface area contributed by atoms with E-state index in [1.165, 1.54) is 26.4 Å². The van der Waals surface area contributed by atoms with E-state index >= 15 is 4.79 Å². The van der Waals surface area contributed by atoms with Crippen LogP contribution in [-0.2, 0) is 20.9 Å². The molecule has 1 saturated carbocycles. The Kier molecular flexibility index (Phi) is 19.2. The number of amides is 2. The van der Waals surface area contributed by atoms with Crippen LogP contribution < -0.4 is 24.3 Å². The Balaban J connectivity index is 1.42. The van der Waals surface area contributed by atoms with Gasteiger partial charge in [0, 0.05) is 61.4 Å². The molecule has 0 saturated heterocycles. The summed E-state index contributed by atoms with van der Waals surface area (Å²) in [5.74, 6) is -2.16. The van der Waals surface area contributed by atoms with E-state index in [9.17, 15) is 35.5 Å². The number of nitriles is 1. The SMILES string of the molecule is C=CCO[C@@]12Oc3ccc(OC(=O)Nc4ccc(OC)cc4OC)cc3[C@H]3[C@H](CCCCO)[C@@H](CCCCO)C=C(C(=NOCc4ccc([N+](=O)[O-])cc4)C[C@@H]1N(CCOCCO)C(=O)c1ccc(C#N)cc1)[C@H]32. The van der Waals surface area contributed by atoms with Gasteiger partial charge in [-0.15, -0.1) is 6.58 Å². The van der Waals surface area contributed by atoms with Crippen molar-refractivity contribution in [3.05, 3.63) is 142 Å². The van der Waals surface area contributed by atoms with E-state index in [1.807, 2.05) is 0 Å². The lowest BCUT2D eigenvalue weighted by Gasteiger charge is -2.60. The highest BCUT2D eigenvalue weighted by molar-refractivity contribution is 6.03. The van der Waals surface area contributed by atoms with E-state index in [4.69, 9.17) is 38.4 Å². The molecule has 4 aromatic carbocycles. The number of oxime groups is 1. The number of benzene rings is 4. The number of nitro groups is 1. The molecule has 3 aliphatic rings. The molecule has 74 heavy (non-hydrogen) atoms. The first-order chi connectivity index (χ1) is 36.0. The average molecular weight is 1020 g/mol. The smallest absolute Gasteiger partial charge is 0.417 e. The molecule has 1 fully saturated rings. The Morgan fingerprint density at radius 1 is 0.946 bits per heavy atom. The number of anilines is 1.